The van der Waals surface area contributed by atoms with Crippen LogP contribution in [0.4, 0.5) is 0 Å². The minimum atomic E-state index is -0.406. The second-order valence-corrected chi connectivity index (χ2v) is 9.55. The van der Waals surface area contributed by atoms with Gasteiger partial charge in [0.1, 0.15) is 0 Å². The van der Waals surface area contributed by atoms with Gasteiger partial charge in [0.05, 0.1) is 17.0 Å². The van der Waals surface area contributed by atoms with Crippen molar-refractivity contribution >= 4 is 0 Å². The first kappa shape index (κ1) is 23.0. The molecular formula is C21H39N3O2. The van der Waals surface area contributed by atoms with E-state index in [1.165, 1.54) is 0 Å². The summed E-state index contributed by atoms with van der Waals surface area (Å²) in [6, 6.07) is 2.58. The lowest BCUT2D eigenvalue weighted by molar-refractivity contribution is -0.449. The Kier molecular flexibility index (Phi) is 6.95. The predicted octanol–water partition coefficient (Wildman–Crippen LogP) is 5.50. The third kappa shape index (κ3) is 3.78. The molecule has 3 unspecified atom stereocenters. The van der Waals surface area contributed by atoms with E-state index < -0.39 is 11.0 Å². The van der Waals surface area contributed by atoms with E-state index in [0.717, 1.165) is 37.8 Å². The quantitative estimate of drug-likeness (QED) is 0.454. The molecule has 0 spiro atoms. The average molecular weight is 366 g/mol. The Morgan fingerprint density at radius 3 is 2.27 bits per heavy atom. The first-order valence-electron chi connectivity index (χ1n) is 9.77. The topological polar surface area (TPSA) is 71.5 Å². The number of hydrogen-bond acceptors (Lipinski definition) is 5. The Balaban J connectivity index is 3.50. The smallest absolute Gasteiger partial charge is 0.0700 e. The van der Waals surface area contributed by atoms with Crippen molar-refractivity contribution in [3.8, 4) is 6.07 Å². The van der Waals surface area contributed by atoms with Gasteiger partial charge in [0.25, 0.3) is 0 Å². The summed E-state index contributed by atoms with van der Waals surface area (Å²) >= 11 is 0. The van der Waals surface area contributed by atoms with Crippen molar-refractivity contribution < 1.29 is 9.98 Å². The molecule has 1 rings (SSSR count). The molecule has 0 aromatic carbocycles. The largest absolute Gasteiger partial charge is 0.220 e. The number of nitrogens with two attached hydrogens (primary N) is 1. The van der Waals surface area contributed by atoms with E-state index in [-0.39, 0.29) is 10.8 Å². The fraction of sp³-hybridized carbons (Fsp3) is 0.857. The number of nitrogens with zero attached hydrogens (tertiary/aromatic N) is 2. The summed E-state index contributed by atoms with van der Waals surface area (Å²) in [4.78, 5) is 9.88. The maximum absolute atomic E-state index is 9.86. The van der Waals surface area contributed by atoms with Gasteiger partial charge in [-0.3, -0.25) is 0 Å². The normalized spacial score (nSPS) is 29.9. The second kappa shape index (κ2) is 7.88. The van der Waals surface area contributed by atoms with E-state index in [0.29, 0.717) is 5.92 Å². The maximum Gasteiger partial charge on any atom is 0.0700 e. The van der Waals surface area contributed by atoms with E-state index in [9.17, 15) is 5.26 Å². The highest BCUT2D eigenvalue weighted by Gasteiger charge is 2.58. The molecule has 1 fully saturated rings. The van der Waals surface area contributed by atoms with E-state index in [1.807, 2.05) is 6.92 Å². The van der Waals surface area contributed by atoms with Crippen molar-refractivity contribution in [2.75, 3.05) is 0 Å². The molecule has 0 heterocycles. The zero-order chi connectivity index (χ0) is 20.4. The van der Waals surface area contributed by atoms with Gasteiger partial charge in [0, 0.05) is 5.70 Å². The number of hydroxylamine groups is 2. The molecule has 0 amide bonds. The highest BCUT2D eigenvalue weighted by molar-refractivity contribution is 5.14. The van der Waals surface area contributed by atoms with Gasteiger partial charge >= 0.3 is 0 Å². The Morgan fingerprint density at radius 1 is 1.31 bits per heavy atom. The Bertz CT molecular complexity index is 552. The molecular weight excluding hydrogens is 326 g/mol. The van der Waals surface area contributed by atoms with Gasteiger partial charge in [-0.25, -0.2) is 5.06 Å². The zero-order valence-corrected chi connectivity index (χ0v) is 18.1. The van der Waals surface area contributed by atoms with Gasteiger partial charge in [-0.2, -0.15) is 11.2 Å². The van der Waals surface area contributed by atoms with Crippen LogP contribution >= 0.6 is 0 Å². The van der Waals surface area contributed by atoms with Crippen LogP contribution in [0, 0.1) is 33.5 Å². The number of allylic oxidation sites excluding steroid dienone is 1. The van der Waals surface area contributed by atoms with Gasteiger partial charge in [-0.05, 0) is 77.0 Å². The summed E-state index contributed by atoms with van der Waals surface area (Å²) in [5, 5.41) is 11.6. The van der Waals surface area contributed by atoms with E-state index in [1.54, 1.807) is 5.06 Å². The number of rotatable bonds is 8. The molecule has 5 nitrogen and oxygen atoms in total. The molecule has 0 aromatic heterocycles. The first-order chi connectivity index (χ1) is 11.9. The molecule has 26 heavy (non-hydrogen) atoms. The van der Waals surface area contributed by atoms with Crippen LogP contribution in [0.1, 0.15) is 87.5 Å². The molecule has 0 aromatic rings. The SMILES string of the molecule is C=C(C)N(OON)C(C)(C)C1(CC)CC(CC)CC(C)(C(C)(C)C#N)C1. The van der Waals surface area contributed by atoms with Crippen molar-refractivity contribution in [1.82, 2.24) is 5.06 Å². The molecule has 5 heteroatoms. The van der Waals surface area contributed by atoms with Gasteiger partial charge in [0.2, 0.25) is 0 Å². The number of nitriles is 1. The van der Waals surface area contributed by atoms with E-state index in [4.69, 9.17) is 10.9 Å². The molecule has 1 aliphatic carbocycles. The summed E-state index contributed by atoms with van der Waals surface area (Å²) in [6.07, 6.45) is 5.19. The Morgan fingerprint density at radius 2 is 1.88 bits per heavy atom. The zero-order valence-electron chi connectivity index (χ0n) is 18.1. The van der Waals surface area contributed by atoms with Crippen LogP contribution in [-0.2, 0) is 9.98 Å². The first-order valence-corrected chi connectivity index (χ1v) is 9.77. The Labute approximate surface area is 160 Å². The van der Waals surface area contributed by atoms with E-state index >= 15 is 0 Å². The van der Waals surface area contributed by atoms with Crippen LogP contribution in [0.15, 0.2) is 12.3 Å². The minimum absolute atomic E-state index is 0.0632. The highest BCUT2D eigenvalue weighted by atomic mass is 17.3. The van der Waals surface area contributed by atoms with Crippen LogP contribution in [0.25, 0.3) is 0 Å². The molecule has 3 atom stereocenters. The van der Waals surface area contributed by atoms with Crippen molar-refractivity contribution in [2.24, 2.45) is 28.1 Å². The third-order valence-corrected chi connectivity index (χ3v) is 7.46. The third-order valence-electron chi connectivity index (χ3n) is 7.46. The average Bonchev–Trinajstić information content (AvgIpc) is 2.57. The maximum atomic E-state index is 9.86. The van der Waals surface area contributed by atoms with Gasteiger partial charge in [0.15, 0.2) is 0 Å². The molecule has 0 bridgehead atoms. The van der Waals surface area contributed by atoms with E-state index in [2.05, 4.69) is 66.1 Å². The van der Waals surface area contributed by atoms with Gasteiger partial charge < -0.3 is 0 Å². The highest BCUT2D eigenvalue weighted by Crippen LogP contribution is 2.62. The lowest BCUT2D eigenvalue weighted by Gasteiger charge is -2.60. The molecule has 0 radical (unpaired) electrons. The van der Waals surface area contributed by atoms with Crippen molar-refractivity contribution in [2.45, 2.75) is 93.0 Å². The molecule has 2 N–H and O–H groups in total. The minimum Gasteiger partial charge on any atom is -0.220 e. The second-order valence-electron chi connectivity index (χ2n) is 9.55. The van der Waals surface area contributed by atoms with Gasteiger partial charge in [-0.15, -0.1) is 4.99 Å². The summed E-state index contributed by atoms with van der Waals surface area (Å²) in [7, 11) is 0. The van der Waals surface area contributed by atoms with Gasteiger partial charge in [-0.1, -0.05) is 38.8 Å². The summed E-state index contributed by atoms with van der Waals surface area (Å²) in [5.41, 5.74) is -0.206. The Hall–Kier alpha value is -1.09. The van der Waals surface area contributed by atoms with Crippen molar-refractivity contribution in [1.29, 1.82) is 5.26 Å². The fourth-order valence-corrected chi connectivity index (χ4v) is 5.11. The fourth-order valence-electron chi connectivity index (χ4n) is 5.11. The van der Waals surface area contributed by atoms with Crippen LogP contribution in [-0.4, -0.2) is 10.6 Å². The van der Waals surface area contributed by atoms with Crippen LogP contribution in [0.3, 0.4) is 0 Å². The summed E-state index contributed by atoms with van der Waals surface area (Å²) < 4.78 is 0. The standard InChI is InChI=1S/C21H39N3O2/c1-10-17-12-20(9,18(5,6)15-22)14-21(11-2,13-17)19(7,8)24(16(3)4)26-25-23/h17H,3,10-14,23H2,1-2,4-9H3. The van der Waals surface area contributed by atoms with Crippen LogP contribution < -0.4 is 5.90 Å². The number of hydrogen-bond donors (Lipinski definition) is 1. The van der Waals surface area contributed by atoms with Crippen LogP contribution in [0.5, 0.6) is 0 Å². The summed E-state index contributed by atoms with van der Waals surface area (Å²) in [5.74, 6) is 5.79. The van der Waals surface area contributed by atoms with Crippen LogP contribution in [0.2, 0.25) is 0 Å². The monoisotopic (exact) mass is 365 g/mol. The molecule has 1 saturated carbocycles. The molecule has 0 aliphatic heterocycles. The molecule has 1 aliphatic rings. The molecule has 0 saturated heterocycles. The molecule has 150 valence electrons. The lowest BCUT2D eigenvalue weighted by Crippen LogP contribution is -2.60. The predicted molar refractivity (Wildman–Crippen MR) is 105 cm³/mol. The van der Waals surface area contributed by atoms with Crippen molar-refractivity contribution in [3.63, 3.8) is 0 Å². The van der Waals surface area contributed by atoms with Crippen molar-refractivity contribution in [3.05, 3.63) is 12.3 Å². The summed E-state index contributed by atoms with van der Waals surface area (Å²) in [6.45, 7) is 21.2. The lowest BCUT2D eigenvalue weighted by atomic mass is 9.47.